The maximum atomic E-state index is 12.3. The van der Waals surface area contributed by atoms with Crippen LogP contribution in [0.1, 0.15) is 47.5 Å². The number of rotatable bonds is 9. The lowest BCUT2D eigenvalue weighted by molar-refractivity contribution is -0.274. The van der Waals surface area contributed by atoms with E-state index in [4.69, 9.17) is 14.0 Å². The van der Waals surface area contributed by atoms with Crippen LogP contribution in [-0.2, 0) is 22.7 Å². The van der Waals surface area contributed by atoms with Gasteiger partial charge in [0.15, 0.2) is 11.5 Å². The van der Waals surface area contributed by atoms with Gasteiger partial charge in [-0.2, -0.15) is 0 Å². The van der Waals surface area contributed by atoms with Gasteiger partial charge in [0.1, 0.15) is 18.1 Å². The number of aromatic nitrogens is 1. The molecule has 6 nitrogen and oxygen atoms in total. The van der Waals surface area contributed by atoms with Crippen LogP contribution >= 0.6 is 0 Å². The quantitative estimate of drug-likeness (QED) is 0.556. The second-order valence-electron chi connectivity index (χ2n) is 6.88. The summed E-state index contributed by atoms with van der Waals surface area (Å²) in [6.07, 6.45) is -1.59. The molecule has 1 aromatic heterocycles. The molecule has 1 aliphatic heterocycles. The molecule has 1 aliphatic rings. The minimum atomic E-state index is -4.74. The number of carbonyl (C=O) groups is 1. The lowest BCUT2D eigenvalue weighted by Gasteiger charge is -2.21. The van der Waals surface area contributed by atoms with Crippen LogP contribution in [0.25, 0.3) is 0 Å². The van der Waals surface area contributed by atoms with Gasteiger partial charge < -0.3 is 18.7 Å². The lowest BCUT2D eigenvalue weighted by atomic mass is 9.93. The van der Waals surface area contributed by atoms with Crippen molar-refractivity contribution in [2.75, 3.05) is 13.2 Å². The van der Waals surface area contributed by atoms with E-state index in [0.717, 1.165) is 32.5 Å². The molecule has 158 valence electrons. The summed E-state index contributed by atoms with van der Waals surface area (Å²) < 4.78 is 56.5. The van der Waals surface area contributed by atoms with Crippen molar-refractivity contribution in [2.45, 2.75) is 45.3 Å². The summed E-state index contributed by atoms with van der Waals surface area (Å²) in [4.78, 5) is 12.2. The van der Waals surface area contributed by atoms with Crippen LogP contribution in [0.3, 0.4) is 0 Å². The Kier molecular flexibility index (Phi) is 7.27. The highest BCUT2D eigenvalue weighted by Gasteiger charge is 2.31. The largest absolute Gasteiger partial charge is 0.573 e. The third-order valence-corrected chi connectivity index (χ3v) is 4.61. The van der Waals surface area contributed by atoms with Gasteiger partial charge in [-0.05, 0) is 42.9 Å². The Morgan fingerprint density at radius 2 is 1.97 bits per heavy atom. The fraction of sp³-hybridized carbons (Fsp3) is 0.500. The highest BCUT2D eigenvalue weighted by Crippen LogP contribution is 2.24. The summed E-state index contributed by atoms with van der Waals surface area (Å²) in [5.74, 6) is 0.487. The van der Waals surface area contributed by atoms with Gasteiger partial charge in [0.2, 0.25) is 0 Å². The van der Waals surface area contributed by atoms with Crippen molar-refractivity contribution in [3.8, 4) is 5.75 Å². The normalized spacial score (nSPS) is 15.4. The molecule has 0 amide bonds. The van der Waals surface area contributed by atoms with E-state index in [2.05, 4.69) is 9.89 Å². The minimum absolute atomic E-state index is 0.0462. The van der Waals surface area contributed by atoms with Gasteiger partial charge in [0.05, 0.1) is 6.61 Å². The van der Waals surface area contributed by atoms with E-state index >= 15 is 0 Å². The molecular formula is C20H22F3NO5. The third kappa shape index (κ3) is 7.17. The van der Waals surface area contributed by atoms with Crippen molar-refractivity contribution in [2.24, 2.45) is 5.92 Å². The van der Waals surface area contributed by atoms with Crippen molar-refractivity contribution in [1.29, 1.82) is 0 Å². The number of hydrogen-bond donors (Lipinski definition) is 0. The van der Waals surface area contributed by atoms with Gasteiger partial charge >= 0.3 is 6.36 Å². The number of ether oxygens (including phenoxy) is 3. The molecule has 0 atom stereocenters. The molecule has 2 aromatic rings. The zero-order chi connectivity index (χ0) is 20.7. The summed E-state index contributed by atoms with van der Waals surface area (Å²) in [6.45, 7) is 1.60. The fourth-order valence-corrected chi connectivity index (χ4v) is 3.11. The lowest BCUT2D eigenvalue weighted by Crippen LogP contribution is -2.17. The molecular weight excluding hydrogens is 391 g/mol. The Morgan fingerprint density at radius 1 is 1.17 bits per heavy atom. The molecule has 29 heavy (non-hydrogen) atoms. The molecule has 1 fully saturated rings. The number of hydrogen-bond acceptors (Lipinski definition) is 6. The highest BCUT2D eigenvalue weighted by atomic mass is 19.4. The smallest absolute Gasteiger partial charge is 0.406 e. The Labute approximate surface area is 165 Å². The Morgan fingerprint density at radius 3 is 2.72 bits per heavy atom. The summed E-state index contributed by atoms with van der Waals surface area (Å²) in [5, 5.41) is 3.79. The average molecular weight is 413 g/mol. The number of ketones is 1. The average Bonchev–Trinajstić information content (AvgIpc) is 3.15. The molecule has 0 bridgehead atoms. The number of nitrogens with zero attached hydrogens (tertiary/aromatic N) is 1. The molecule has 1 aromatic carbocycles. The van der Waals surface area contributed by atoms with Gasteiger partial charge in [-0.1, -0.05) is 17.3 Å². The first-order valence-corrected chi connectivity index (χ1v) is 9.38. The molecule has 0 aliphatic carbocycles. The highest BCUT2D eigenvalue weighted by molar-refractivity contribution is 5.94. The maximum Gasteiger partial charge on any atom is 0.573 e. The van der Waals surface area contributed by atoms with Crippen LogP contribution in [0.4, 0.5) is 13.2 Å². The molecule has 0 spiro atoms. The molecule has 0 radical (unpaired) electrons. The van der Waals surface area contributed by atoms with Gasteiger partial charge in [-0.15, -0.1) is 13.2 Å². The Hall–Kier alpha value is -2.39. The van der Waals surface area contributed by atoms with Gasteiger partial charge in [-0.3, -0.25) is 4.79 Å². The van der Waals surface area contributed by atoms with E-state index in [9.17, 15) is 18.0 Å². The van der Waals surface area contributed by atoms with Crippen molar-refractivity contribution >= 4 is 5.78 Å². The van der Waals surface area contributed by atoms with Gasteiger partial charge in [0.25, 0.3) is 0 Å². The topological polar surface area (TPSA) is 70.8 Å². The van der Waals surface area contributed by atoms with Crippen LogP contribution in [0.15, 0.2) is 34.9 Å². The summed E-state index contributed by atoms with van der Waals surface area (Å²) in [5.41, 5.74) is 0.773. The van der Waals surface area contributed by atoms with Gasteiger partial charge in [0, 0.05) is 25.7 Å². The molecule has 0 N–H and O–H groups in total. The van der Waals surface area contributed by atoms with Crippen LogP contribution in [-0.4, -0.2) is 30.5 Å². The predicted molar refractivity (Wildman–Crippen MR) is 95.2 cm³/mol. The molecule has 0 unspecified atom stereocenters. The van der Waals surface area contributed by atoms with Crippen LogP contribution in [0.5, 0.6) is 5.75 Å². The van der Waals surface area contributed by atoms with E-state index in [0.29, 0.717) is 23.7 Å². The summed E-state index contributed by atoms with van der Waals surface area (Å²) >= 11 is 0. The van der Waals surface area contributed by atoms with Crippen LogP contribution < -0.4 is 4.74 Å². The molecule has 0 saturated carbocycles. The van der Waals surface area contributed by atoms with E-state index in [1.54, 1.807) is 6.07 Å². The predicted octanol–water partition coefficient (Wildman–Crippen LogP) is 4.68. The molecule has 2 heterocycles. The first-order chi connectivity index (χ1) is 13.9. The first kappa shape index (κ1) is 21.3. The van der Waals surface area contributed by atoms with Gasteiger partial charge in [-0.25, -0.2) is 0 Å². The number of carbonyl (C=O) groups excluding carboxylic acids is 1. The van der Waals surface area contributed by atoms with Crippen LogP contribution in [0, 0.1) is 5.92 Å². The Balaban J connectivity index is 1.43. The number of alkyl halides is 3. The van der Waals surface area contributed by atoms with Crippen molar-refractivity contribution in [3.05, 3.63) is 47.3 Å². The minimum Gasteiger partial charge on any atom is -0.406 e. The molecule has 1 saturated heterocycles. The second kappa shape index (κ2) is 9.89. The van der Waals surface area contributed by atoms with Crippen molar-refractivity contribution in [3.63, 3.8) is 0 Å². The summed E-state index contributed by atoms with van der Waals surface area (Å²) in [6, 6.07) is 7.07. The van der Waals surface area contributed by atoms with E-state index in [1.807, 2.05) is 0 Å². The molecule has 3 rings (SSSR count). The summed E-state index contributed by atoms with van der Waals surface area (Å²) in [7, 11) is 0. The zero-order valence-corrected chi connectivity index (χ0v) is 15.7. The van der Waals surface area contributed by atoms with Crippen LogP contribution in [0.2, 0.25) is 0 Å². The van der Waals surface area contributed by atoms with Crippen molar-refractivity contribution < 1.29 is 36.7 Å². The zero-order valence-electron chi connectivity index (χ0n) is 15.7. The Bertz CT molecular complexity index is 799. The maximum absolute atomic E-state index is 12.3. The van der Waals surface area contributed by atoms with E-state index in [-0.39, 0.29) is 30.4 Å². The van der Waals surface area contributed by atoms with E-state index in [1.165, 1.54) is 24.3 Å². The van der Waals surface area contributed by atoms with E-state index < -0.39 is 6.36 Å². The van der Waals surface area contributed by atoms with Crippen molar-refractivity contribution in [1.82, 2.24) is 5.16 Å². The molecule has 9 heteroatoms. The second-order valence-corrected chi connectivity index (χ2v) is 6.88. The first-order valence-electron chi connectivity index (χ1n) is 9.38. The number of benzene rings is 1. The third-order valence-electron chi connectivity index (χ3n) is 4.61. The standard InChI is InChI=1S/C20H22F3NO5/c21-20(22,23)28-16-3-1-2-15(10-16)12-27-13-17-11-18(24-29-17)19(25)5-4-14-6-8-26-9-7-14/h1-3,10-11,14H,4-9,12-13H2. The monoisotopic (exact) mass is 413 g/mol. The SMILES string of the molecule is O=C(CCC1CCOCC1)c1cc(COCc2cccc(OC(F)(F)F)c2)on1. The number of halogens is 3. The fourth-order valence-electron chi connectivity index (χ4n) is 3.11. The number of Topliss-reactive ketones (excluding diaryl/α,β-unsaturated/α-hetero) is 1.